The van der Waals surface area contributed by atoms with Gasteiger partial charge in [0.1, 0.15) is 0 Å². The predicted octanol–water partition coefficient (Wildman–Crippen LogP) is 2.39. The maximum absolute atomic E-state index is 5.34. The number of rotatable bonds is 4. The highest BCUT2D eigenvalue weighted by Crippen LogP contribution is 1.99. The van der Waals surface area contributed by atoms with Gasteiger partial charge in [-0.1, -0.05) is 42.3 Å². The van der Waals surface area contributed by atoms with Crippen molar-refractivity contribution in [2.45, 2.75) is 6.61 Å². The molecule has 1 nitrogen and oxygen atoms in total. The second-order valence-electron chi connectivity index (χ2n) is 2.57. The Morgan fingerprint density at radius 3 is 2.77 bits per heavy atom. The van der Waals surface area contributed by atoms with Crippen LogP contribution in [0.2, 0.25) is 0 Å². The number of hydrogen-bond donors (Lipinski definition) is 0. The van der Waals surface area contributed by atoms with E-state index in [-0.39, 0.29) is 0 Å². The van der Waals surface area contributed by atoms with E-state index in [2.05, 4.69) is 5.92 Å². The maximum Gasteiger partial charge on any atom is 0.0721 e. The highest BCUT2D eigenvalue weighted by Gasteiger charge is 1.88. The van der Waals surface area contributed by atoms with Gasteiger partial charge in [-0.05, 0) is 11.6 Å². The van der Waals surface area contributed by atoms with E-state index in [1.54, 1.807) is 6.08 Å². The van der Waals surface area contributed by atoms with Gasteiger partial charge in [0.15, 0.2) is 0 Å². The lowest BCUT2D eigenvalue weighted by molar-refractivity contribution is 0.149. The molecule has 0 N–H and O–H groups in total. The molecule has 66 valence electrons. The molecule has 1 rings (SSSR count). The Bertz CT molecular complexity index is 293. The van der Waals surface area contributed by atoms with E-state index in [9.17, 15) is 0 Å². The molecule has 1 heteroatoms. The smallest absolute Gasteiger partial charge is 0.0721 e. The van der Waals surface area contributed by atoms with Crippen molar-refractivity contribution in [2.24, 2.45) is 0 Å². The lowest BCUT2D eigenvalue weighted by Crippen LogP contribution is -1.91. The third-order valence-electron chi connectivity index (χ3n) is 1.54. The summed E-state index contributed by atoms with van der Waals surface area (Å²) in [6.07, 6.45) is 8.50. The zero-order valence-corrected chi connectivity index (χ0v) is 7.44. The van der Waals surface area contributed by atoms with E-state index in [1.807, 2.05) is 36.4 Å². The molecule has 0 aliphatic heterocycles. The molecule has 0 saturated carbocycles. The van der Waals surface area contributed by atoms with Gasteiger partial charge in [-0.15, -0.1) is 6.42 Å². The van der Waals surface area contributed by atoms with Gasteiger partial charge in [0.2, 0.25) is 0 Å². The minimum atomic E-state index is 0.569. The van der Waals surface area contributed by atoms with Gasteiger partial charge < -0.3 is 4.74 Å². The Morgan fingerprint density at radius 2 is 2.08 bits per heavy atom. The van der Waals surface area contributed by atoms with Crippen LogP contribution in [0.1, 0.15) is 5.56 Å². The van der Waals surface area contributed by atoms with Crippen LogP contribution in [-0.2, 0) is 11.3 Å². The standard InChI is InChI=1S/C12H12O/c1-2-3-7-10-13-11-12-8-5-4-6-9-12/h1,3-9H,10-11H2/b7-3+. The summed E-state index contributed by atoms with van der Waals surface area (Å²) in [5, 5.41) is 0. The molecule has 0 aliphatic carbocycles. The Labute approximate surface area is 79.0 Å². The summed E-state index contributed by atoms with van der Waals surface area (Å²) >= 11 is 0. The van der Waals surface area contributed by atoms with E-state index >= 15 is 0 Å². The number of allylic oxidation sites excluding steroid dienone is 1. The van der Waals surface area contributed by atoms with Gasteiger partial charge in [0.05, 0.1) is 13.2 Å². The van der Waals surface area contributed by atoms with Crippen molar-refractivity contribution < 1.29 is 4.74 Å². The third-order valence-corrected chi connectivity index (χ3v) is 1.54. The topological polar surface area (TPSA) is 9.23 Å². The SMILES string of the molecule is C#C/C=C/COCc1ccccc1. The summed E-state index contributed by atoms with van der Waals surface area (Å²) in [6, 6.07) is 10.0. The van der Waals surface area contributed by atoms with Gasteiger partial charge in [0, 0.05) is 0 Å². The molecule has 0 aliphatic rings. The molecule has 0 unspecified atom stereocenters. The van der Waals surface area contributed by atoms with Crippen molar-refractivity contribution in [1.29, 1.82) is 0 Å². The maximum atomic E-state index is 5.34. The molecule has 0 radical (unpaired) electrons. The first-order valence-electron chi connectivity index (χ1n) is 4.16. The zero-order valence-electron chi connectivity index (χ0n) is 7.44. The Hall–Kier alpha value is -1.52. The van der Waals surface area contributed by atoms with E-state index in [4.69, 9.17) is 11.2 Å². The summed E-state index contributed by atoms with van der Waals surface area (Å²) in [4.78, 5) is 0. The van der Waals surface area contributed by atoms with Crippen LogP contribution in [0.5, 0.6) is 0 Å². The molecule has 0 heterocycles. The van der Waals surface area contributed by atoms with Crippen molar-refractivity contribution >= 4 is 0 Å². The highest BCUT2D eigenvalue weighted by atomic mass is 16.5. The predicted molar refractivity (Wildman–Crippen MR) is 54.1 cm³/mol. The van der Waals surface area contributed by atoms with E-state index < -0.39 is 0 Å². The van der Waals surface area contributed by atoms with Gasteiger partial charge in [0.25, 0.3) is 0 Å². The molecule has 0 atom stereocenters. The molecule has 0 bridgehead atoms. The summed E-state index contributed by atoms with van der Waals surface area (Å²) in [6.45, 7) is 1.20. The summed E-state index contributed by atoms with van der Waals surface area (Å²) < 4.78 is 5.34. The molecule has 0 aromatic heterocycles. The minimum Gasteiger partial charge on any atom is -0.373 e. The van der Waals surface area contributed by atoms with Crippen LogP contribution in [0, 0.1) is 12.3 Å². The first-order valence-corrected chi connectivity index (χ1v) is 4.16. The lowest BCUT2D eigenvalue weighted by Gasteiger charge is -1.99. The molecule has 1 aromatic carbocycles. The molecular formula is C12H12O. The van der Waals surface area contributed by atoms with Crippen LogP contribution in [0.4, 0.5) is 0 Å². The van der Waals surface area contributed by atoms with Crippen molar-refractivity contribution in [3.8, 4) is 12.3 Å². The van der Waals surface area contributed by atoms with Gasteiger partial charge in [-0.3, -0.25) is 0 Å². The number of benzene rings is 1. The zero-order chi connectivity index (χ0) is 9.36. The van der Waals surface area contributed by atoms with Crippen LogP contribution in [0.15, 0.2) is 42.5 Å². The van der Waals surface area contributed by atoms with Crippen LogP contribution in [0.3, 0.4) is 0 Å². The fourth-order valence-electron chi connectivity index (χ4n) is 0.935. The van der Waals surface area contributed by atoms with Crippen LogP contribution in [0.25, 0.3) is 0 Å². The summed E-state index contributed by atoms with van der Waals surface area (Å²) in [5.41, 5.74) is 1.18. The van der Waals surface area contributed by atoms with Gasteiger partial charge >= 0.3 is 0 Å². The van der Waals surface area contributed by atoms with Crippen LogP contribution >= 0.6 is 0 Å². The van der Waals surface area contributed by atoms with Crippen molar-refractivity contribution in [3.05, 3.63) is 48.0 Å². The Kier molecular flexibility index (Phi) is 4.45. The Morgan fingerprint density at radius 1 is 1.31 bits per heavy atom. The molecular weight excluding hydrogens is 160 g/mol. The van der Waals surface area contributed by atoms with Crippen molar-refractivity contribution in [1.82, 2.24) is 0 Å². The second kappa shape index (κ2) is 6.05. The van der Waals surface area contributed by atoms with Crippen LogP contribution in [-0.4, -0.2) is 6.61 Å². The minimum absolute atomic E-state index is 0.569. The fraction of sp³-hybridized carbons (Fsp3) is 0.167. The number of terminal acetylenes is 1. The first-order chi connectivity index (χ1) is 6.43. The molecule has 0 saturated heterocycles. The van der Waals surface area contributed by atoms with Gasteiger partial charge in [-0.25, -0.2) is 0 Å². The molecule has 0 spiro atoms. The third kappa shape index (κ3) is 4.15. The first kappa shape index (κ1) is 9.57. The average Bonchev–Trinajstić information content (AvgIpc) is 2.19. The fourth-order valence-corrected chi connectivity index (χ4v) is 0.935. The lowest BCUT2D eigenvalue weighted by atomic mass is 10.2. The summed E-state index contributed by atoms with van der Waals surface area (Å²) in [5.74, 6) is 2.41. The largest absolute Gasteiger partial charge is 0.373 e. The monoisotopic (exact) mass is 172 g/mol. The van der Waals surface area contributed by atoms with E-state index in [0.29, 0.717) is 13.2 Å². The van der Waals surface area contributed by atoms with Crippen LogP contribution < -0.4 is 0 Å². The molecule has 13 heavy (non-hydrogen) atoms. The quantitative estimate of drug-likeness (QED) is 0.500. The molecule has 1 aromatic rings. The molecule has 0 fully saturated rings. The van der Waals surface area contributed by atoms with E-state index in [1.165, 1.54) is 5.56 Å². The molecule has 0 amide bonds. The van der Waals surface area contributed by atoms with Crippen molar-refractivity contribution in [2.75, 3.05) is 6.61 Å². The van der Waals surface area contributed by atoms with E-state index in [0.717, 1.165) is 0 Å². The normalized spacial score (nSPS) is 10.1. The highest BCUT2D eigenvalue weighted by molar-refractivity contribution is 5.13. The average molecular weight is 172 g/mol. The van der Waals surface area contributed by atoms with Gasteiger partial charge in [-0.2, -0.15) is 0 Å². The Balaban J connectivity index is 2.21. The van der Waals surface area contributed by atoms with Crippen molar-refractivity contribution in [3.63, 3.8) is 0 Å². The number of ether oxygens (including phenoxy) is 1. The number of hydrogen-bond acceptors (Lipinski definition) is 1. The summed E-state index contributed by atoms with van der Waals surface area (Å²) in [7, 11) is 0. The second-order valence-corrected chi connectivity index (χ2v) is 2.57.